The van der Waals surface area contributed by atoms with Crippen LogP contribution in [0.2, 0.25) is 0 Å². The van der Waals surface area contributed by atoms with Crippen LogP contribution >= 0.6 is 11.3 Å². The number of hydrogen-bond acceptors (Lipinski definition) is 6. The van der Waals surface area contributed by atoms with E-state index in [1.165, 1.54) is 11.3 Å². The topological polar surface area (TPSA) is 79.5 Å². The summed E-state index contributed by atoms with van der Waals surface area (Å²) in [5, 5.41) is 20.5. The molecule has 21 heavy (non-hydrogen) atoms. The van der Waals surface area contributed by atoms with Gasteiger partial charge in [-0.3, -0.25) is 10.1 Å². The van der Waals surface area contributed by atoms with Crippen LogP contribution in [0.1, 0.15) is 25.7 Å². The summed E-state index contributed by atoms with van der Waals surface area (Å²) in [4.78, 5) is 17.5. The second-order valence-corrected chi connectivity index (χ2v) is 6.13. The smallest absolute Gasteiger partial charge is 0.319 e. The molecule has 1 aliphatic heterocycles. The Labute approximate surface area is 126 Å². The number of thiazole rings is 1. The van der Waals surface area contributed by atoms with Gasteiger partial charge in [0.25, 0.3) is 0 Å². The van der Waals surface area contributed by atoms with Crippen molar-refractivity contribution in [3.63, 3.8) is 0 Å². The van der Waals surface area contributed by atoms with Crippen molar-refractivity contribution in [3.05, 3.63) is 27.8 Å². The van der Waals surface area contributed by atoms with E-state index in [9.17, 15) is 10.1 Å². The van der Waals surface area contributed by atoms with Crippen LogP contribution in [-0.4, -0.2) is 34.2 Å². The molecule has 2 heterocycles. The molecule has 1 atom stereocenters. The van der Waals surface area contributed by atoms with E-state index in [1.807, 2.05) is 12.1 Å². The highest BCUT2D eigenvalue weighted by Crippen LogP contribution is 2.40. The SMILES string of the molecule is O=[N+]([O-])c1c(N2CCCC2CCCO)ccc2scnc12. The van der Waals surface area contributed by atoms with Crippen LogP contribution in [0.4, 0.5) is 11.4 Å². The van der Waals surface area contributed by atoms with Crippen LogP contribution in [0.25, 0.3) is 10.2 Å². The lowest BCUT2D eigenvalue weighted by atomic mass is 10.1. The molecule has 1 aliphatic rings. The summed E-state index contributed by atoms with van der Waals surface area (Å²) in [5.74, 6) is 0. The van der Waals surface area contributed by atoms with Gasteiger partial charge < -0.3 is 10.0 Å². The van der Waals surface area contributed by atoms with Crippen LogP contribution in [0, 0.1) is 10.1 Å². The maximum Gasteiger partial charge on any atom is 0.319 e. The number of hydrogen-bond donors (Lipinski definition) is 1. The minimum atomic E-state index is -0.321. The zero-order valence-corrected chi connectivity index (χ0v) is 12.4. The number of aliphatic hydroxyl groups is 1. The molecule has 112 valence electrons. The minimum absolute atomic E-state index is 0.115. The summed E-state index contributed by atoms with van der Waals surface area (Å²) in [5.41, 5.74) is 2.91. The first-order valence-corrected chi connectivity index (χ1v) is 7.98. The zero-order valence-electron chi connectivity index (χ0n) is 11.6. The Morgan fingerprint density at radius 1 is 1.52 bits per heavy atom. The van der Waals surface area contributed by atoms with Crippen LogP contribution in [0.15, 0.2) is 17.6 Å². The van der Waals surface area contributed by atoms with Crippen LogP contribution in [0.5, 0.6) is 0 Å². The predicted octanol–water partition coefficient (Wildman–Crippen LogP) is 2.95. The molecule has 1 unspecified atom stereocenters. The molecule has 1 fully saturated rings. The third-order valence-electron chi connectivity index (χ3n) is 4.02. The maximum atomic E-state index is 11.5. The molecule has 3 rings (SSSR count). The van der Waals surface area contributed by atoms with E-state index in [-0.39, 0.29) is 23.3 Å². The molecular weight excluding hydrogens is 290 g/mol. The van der Waals surface area contributed by atoms with Crippen molar-refractivity contribution in [1.29, 1.82) is 0 Å². The molecular formula is C14H17N3O3S. The van der Waals surface area contributed by atoms with Crippen molar-refractivity contribution in [2.75, 3.05) is 18.1 Å². The molecule has 0 aliphatic carbocycles. The van der Waals surface area contributed by atoms with Crippen LogP contribution < -0.4 is 4.90 Å². The molecule has 6 nitrogen and oxygen atoms in total. The number of fused-ring (bicyclic) bond motifs is 1. The van der Waals surface area contributed by atoms with Gasteiger partial charge in [0.15, 0.2) is 5.52 Å². The average Bonchev–Trinajstić information content (AvgIpc) is 3.12. The Morgan fingerprint density at radius 2 is 2.38 bits per heavy atom. The first kappa shape index (κ1) is 14.2. The van der Waals surface area contributed by atoms with Gasteiger partial charge in [-0.1, -0.05) is 0 Å². The van der Waals surface area contributed by atoms with E-state index in [0.29, 0.717) is 11.2 Å². The molecule has 0 bridgehead atoms. The number of nitro groups is 1. The maximum absolute atomic E-state index is 11.5. The van der Waals surface area contributed by atoms with Crippen molar-refractivity contribution < 1.29 is 10.0 Å². The van der Waals surface area contributed by atoms with Crippen molar-refractivity contribution in [3.8, 4) is 0 Å². The van der Waals surface area contributed by atoms with E-state index in [2.05, 4.69) is 9.88 Å². The van der Waals surface area contributed by atoms with Gasteiger partial charge in [0.05, 0.1) is 15.1 Å². The summed E-state index contributed by atoms with van der Waals surface area (Å²) in [6.07, 6.45) is 3.64. The zero-order chi connectivity index (χ0) is 14.8. The Morgan fingerprint density at radius 3 is 3.14 bits per heavy atom. The highest BCUT2D eigenvalue weighted by atomic mass is 32.1. The summed E-state index contributed by atoms with van der Waals surface area (Å²) in [6.45, 7) is 0.990. The van der Waals surface area contributed by atoms with Crippen molar-refractivity contribution >= 4 is 32.9 Å². The number of benzene rings is 1. The minimum Gasteiger partial charge on any atom is -0.396 e. The first-order chi connectivity index (χ1) is 10.2. The van der Waals surface area contributed by atoms with Crippen LogP contribution in [0.3, 0.4) is 0 Å². The summed E-state index contributed by atoms with van der Waals surface area (Å²) < 4.78 is 0.844. The molecule has 1 aromatic carbocycles. The summed E-state index contributed by atoms with van der Waals surface area (Å²) >= 11 is 1.42. The fourth-order valence-corrected chi connectivity index (χ4v) is 3.78. The Balaban J connectivity index is 2.02. The highest BCUT2D eigenvalue weighted by molar-refractivity contribution is 7.16. The largest absolute Gasteiger partial charge is 0.396 e. The lowest BCUT2D eigenvalue weighted by Crippen LogP contribution is -2.30. The third-order valence-corrected chi connectivity index (χ3v) is 4.81. The molecule has 1 N–H and O–H groups in total. The van der Waals surface area contributed by atoms with E-state index in [0.717, 1.165) is 36.9 Å². The molecule has 0 radical (unpaired) electrons. The van der Waals surface area contributed by atoms with Gasteiger partial charge in [-0.2, -0.15) is 0 Å². The van der Waals surface area contributed by atoms with E-state index >= 15 is 0 Å². The van der Waals surface area contributed by atoms with Gasteiger partial charge in [0.2, 0.25) is 0 Å². The quantitative estimate of drug-likeness (QED) is 0.678. The molecule has 1 aromatic heterocycles. The molecule has 0 saturated carbocycles. The van der Waals surface area contributed by atoms with E-state index < -0.39 is 0 Å². The van der Waals surface area contributed by atoms with Gasteiger partial charge in [0.1, 0.15) is 5.69 Å². The number of aliphatic hydroxyl groups excluding tert-OH is 1. The lowest BCUT2D eigenvalue weighted by molar-refractivity contribution is -0.382. The summed E-state index contributed by atoms with van der Waals surface area (Å²) in [7, 11) is 0. The predicted molar refractivity (Wildman–Crippen MR) is 83.0 cm³/mol. The summed E-state index contributed by atoms with van der Waals surface area (Å²) in [6, 6.07) is 4.03. The second kappa shape index (κ2) is 5.95. The molecule has 0 amide bonds. The van der Waals surface area contributed by atoms with Crippen LogP contribution in [-0.2, 0) is 0 Å². The number of nitrogens with zero attached hydrogens (tertiary/aromatic N) is 3. The second-order valence-electron chi connectivity index (χ2n) is 5.24. The van der Waals surface area contributed by atoms with Gasteiger partial charge >= 0.3 is 5.69 Å². The number of rotatable bonds is 5. The number of aromatic nitrogens is 1. The average molecular weight is 307 g/mol. The lowest BCUT2D eigenvalue weighted by Gasteiger charge is -2.26. The monoisotopic (exact) mass is 307 g/mol. The highest BCUT2D eigenvalue weighted by Gasteiger charge is 2.31. The Hall–Kier alpha value is -1.73. The molecule has 7 heteroatoms. The standard InChI is InChI=1S/C14H17N3O3S/c18-8-2-4-10-3-1-7-16(10)11-5-6-12-13(15-9-21-12)14(11)17(19)20/h5-6,9-10,18H,1-4,7-8H2. The molecule has 1 saturated heterocycles. The fourth-order valence-electron chi connectivity index (χ4n) is 3.10. The van der Waals surface area contributed by atoms with E-state index in [4.69, 9.17) is 5.11 Å². The van der Waals surface area contributed by atoms with Gasteiger partial charge in [-0.05, 0) is 37.8 Å². The first-order valence-electron chi connectivity index (χ1n) is 7.10. The normalized spacial score (nSPS) is 18.5. The number of anilines is 1. The van der Waals surface area contributed by atoms with Gasteiger partial charge in [0, 0.05) is 19.2 Å². The van der Waals surface area contributed by atoms with Gasteiger partial charge in [-0.25, -0.2) is 4.98 Å². The fraction of sp³-hybridized carbons (Fsp3) is 0.500. The van der Waals surface area contributed by atoms with Crippen molar-refractivity contribution in [2.24, 2.45) is 0 Å². The van der Waals surface area contributed by atoms with Crippen molar-refractivity contribution in [2.45, 2.75) is 31.7 Å². The Bertz CT molecular complexity index is 658. The molecule has 0 spiro atoms. The Kier molecular flexibility index (Phi) is 4.03. The van der Waals surface area contributed by atoms with E-state index in [1.54, 1.807) is 5.51 Å². The molecule has 2 aromatic rings. The van der Waals surface area contributed by atoms with Crippen molar-refractivity contribution in [1.82, 2.24) is 4.98 Å². The third kappa shape index (κ3) is 2.58. The van der Waals surface area contributed by atoms with Gasteiger partial charge in [-0.15, -0.1) is 11.3 Å². The number of nitro benzene ring substituents is 1.